The fourth-order valence-electron chi connectivity index (χ4n) is 5.03. The Balaban J connectivity index is 1.44. The Bertz CT molecular complexity index is 511. The van der Waals surface area contributed by atoms with E-state index < -0.39 is 0 Å². The van der Waals surface area contributed by atoms with Gasteiger partial charge >= 0.3 is 0 Å². The molecule has 4 aliphatic carbocycles. The number of aromatic nitrogens is 1. The fourth-order valence-corrected chi connectivity index (χ4v) is 5.03. The second-order valence-electron chi connectivity index (χ2n) is 7.09. The van der Waals surface area contributed by atoms with Crippen LogP contribution in [0.4, 0.5) is 0 Å². The van der Waals surface area contributed by atoms with Gasteiger partial charge in [-0.2, -0.15) is 0 Å². The molecule has 0 atom stereocenters. The minimum absolute atomic E-state index is 0.0708. The molecule has 0 aromatic carbocycles. The molecule has 1 aromatic rings. The van der Waals surface area contributed by atoms with Crippen LogP contribution in [0.1, 0.15) is 48.5 Å². The summed E-state index contributed by atoms with van der Waals surface area (Å²) in [5, 5.41) is 6.22. The molecule has 5 heteroatoms. The normalized spacial score (nSPS) is 36.9. The van der Waals surface area contributed by atoms with Crippen LogP contribution in [-0.4, -0.2) is 24.0 Å². The first-order chi connectivity index (χ1) is 10.2. The number of amides is 1. The highest BCUT2D eigenvalue weighted by Crippen LogP contribution is 2.53. The van der Waals surface area contributed by atoms with E-state index in [1.807, 2.05) is 7.05 Å². The molecule has 4 aliphatic rings. The van der Waals surface area contributed by atoms with Crippen LogP contribution in [-0.2, 0) is 6.54 Å². The molecule has 1 amide bonds. The van der Waals surface area contributed by atoms with Crippen LogP contribution in [0, 0.1) is 23.7 Å². The maximum atomic E-state index is 12.4. The summed E-state index contributed by atoms with van der Waals surface area (Å²) in [7, 11) is 1.83. The van der Waals surface area contributed by atoms with Gasteiger partial charge in [0.25, 0.3) is 5.91 Å². The van der Waals surface area contributed by atoms with Crippen molar-refractivity contribution < 1.29 is 9.21 Å². The smallest absolute Gasteiger partial charge is 0.273 e. The molecule has 5 rings (SSSR count). The molecule has 0 aliphatic heterocycles. The Kier molecular flexibility index (Phi) is 3.25. The predicted molar refractivity (Wildman–Crippen MR) is 77.6 cm³/mol. The van der Waals surface area contributed by atoms with Crippen LogP contribution in [0.15, 0.2) is 10.7 Å². The summed E-state index contributed by atoms with van der Waals surface area (Å²) >= 11 is 0. The van der Waals surface area contributed by atoms with Gasteiger partial charge in [-0.1, -0.05) is 0 Å². The quantitative estimate of drug-likeness (QED) is 0.889. The molecule has 0 unspecified atom stereocenters. The number of hydrogen-bond donors (Lipinski definition) is 2. The van der Waals surface area contributed by atoms with Crippen molar-refractivity contribution in [3.05, 3.63) is 17.8 Å². The highest BCUT2D eigenvalue weighted by molar-refractivity contribution is 5.92. The van der Waals surface area contributed by atoms with Crippen LogP contribution >= 0.6 is 0 Å². The molecular formula is C16H23N3O2. The van der Waals surface area contributed by atoms with Crippen molar-refractivity contribution in [2.45, 2.75) is 44.7 Å². The number of nitrogens with one attached hydrogen (secondary N) is 2. The monoisotopic (exact) mass is 289 g/mol. The second kappa shape index (κ2) is 5.13. The summed E-state index contributed by atoms with van der Waals surface area (Å²) in [6, 6.07) is 0.356. The van der Waals surface area contributed by atoms with Crippen molar-refractivity contribution >= 4 is 5.91 Å². The second-order valence-corrected chi connectivity index (χ2v) is 7.09. The van der Waals surface area contributed by atoms with E-state index in [9.17, 15) is 4.79 Å². The third-order valence-corrected chi connectivity index (χ3v) is 5.64. The number of rotatable bonds is 4. The molecule has 2 N–H and O–H groups in total. The van der Waals surface area contributed by atoms with Crippen molar-refractivity contribution in [2.24, 2.45) is 23.7 Å². The van der Waals surface area contributed by atoms with E-state index in [0.717, 1.165) is 11.8 Å². The van der Waals surface area contributed by atoms with Gasteiger partial charge in [0, 0.05) is 6.04 Å². The molecule has 4 fully saturated rings. The number of hydrogen-bond acceptors (Lipinski definition) is 4. The van der Waals surface area contributed by atoms with Crippen LogP contribution < -0.4 is 10.6 Å². The molecule has 0 spiro atoms. The summed E-state index contributed by atoms with van der Waals surface area (Å²) in [6.45, 7) is 0.547. The summed E-state index contributed by atoms with van der Waals surface area (Å²) in [4.78, 5) is 16.6. The van der Waals surface area contributed by atoms with Gasteiger partial charge in [0.1, 0.15) is 6.26 Å². The van der Waals surface area contributed by atoms with Gasteiger partial charge in [-0.3, -0.25) is 4.79 Å². The SMILES string of the molecule is CNCc1nc(C(=O)NC2C3CC4CC(C3)CC2C4)co1. The van der Waals surface area contributed by atoms with Gasteiger partial charge in [0.15, 0.2) is 5.69 Å². The average Bonchev–Trinajstić information content (AvgIpc) is 2.91. The summed E-state index contributed by atoms with van der Waals surface area (Å²) in [5.41, 5.74) is 0.411. The van der Waals surface area contributed by atoms with E-state index in [0.29, 0.717) is 36.0 Å². The van der Waals surface area contributed by atoms with Gasteiger partial charge < -0.3 is 15.1 Å². The highest BCUT2D eigenvalue weighted by atomic mass is 16.3. The first-order valence-corrected chi connectivity index (χ1v) is 8.12. The standard InChI is InChI=1S/C16H23N3O2/c1-17-7-14-18-13(8-21-14)16(20)19-15-11-3-9-2-10(5-11)6-12(15)4-9/h8-12,15,17H,2-7H2,1H3,(H,19,20). The molecule has 1 aromatic heterocycles. The van der Waals surface area contributed by atoms with Gasteiger partial charge in [-0.15, -0.1) is 0 Å². The Hall–Kier alpha value is -1.36. The first-order valence-electron chi connectivity index (χ1n) is 8.12. The van der Waals surface area contributed by atoms with E-state index in [1.54, 1.807) is 0 Å². The maximum absolute atomic E-state index is 12.4. The van der Waals surface area contributed by atoms with Crippen molar-refractivity contribution in [2.75, 3.05) is 7.05 Å². The number of carbonyl (C=O) groups is 1. The van der Waals surface area contributed by atoms with E-state index in [1.165, 1.54) is 38.4 Å². The average molecular weight is 289 g/mol. The molecule has 114 valence electrons. The third-order valence-electron chi connectivity index (χ3n) is 5.64. The maximum Gasteiger partial charge on any atom is 0.273 e. The minimum Gasteiger partial charge on any atom is -0.447 e. The van der Waals surface area contributed by atoms with Crippen molar-refractivity contribution in [3.63, 3.8) is 0 Å². The lowest BCUT2D eigenvalue weighted by Gasteiger charge is -2.54. The van der Waals surface area contributed by atoms with Crippen LogP contribution in [0.25, 0.3) is 0 Å². The molecule has 0 saturated heterocycles. The number of oxazole rings is 1. The summed E-state index contributed by atoms with van der Waals surface area (Å²) in [5.74, 6) is 3.72. The molecule has 0 radical (unpaired) electrons. The third kappa shape index (κ3) is 2.37. The van der Waals surface area contributed by atoms with Crippen molar-refractivity contribution in [1.29, 1.82) is 0 Å². The van der Waals surface area contributed by atoms with Gasteiger partial charge in [-0.25, -0.2) is 4.98 Å². The van der Waals surface area contributed by atoms with E-state index in [4.69, 9.17) is 4.42 Å². The molecule has 4 bridgehead atoms. The van der Waals surface area contributed by atoms with Crippen LogP contribution in [0.5, 0.6) is 0 Å². The van der Waals surface area contributed by atoms with E-state index in [2.05, 4.69) is 15.6 Å². The van der Waals surface area contributed by atoms with Crippen molar-refractivity contribution in [3.8, 4) is 0 Å². The molecule has 4 saturated carbocycles. The lowest BCUT2D eigenvalue weighted by atomic mass is 9.54. The van der Waals surface area contributed by atoms with Gasteiger partial charge in [-0.05, 0) is 62.8 Å². The zero-order chi connectivity index (χ0) is 14.4. The Labute approximate surface area is 124 Å². The van der Waals surface area contributed by atoms with Crippen LogP contribution in [0.2, 0.25) is 0 Å². The Morgan fingerprint density at radius 2 is 1.90 bits per heavy atom. The van der Waals surface area contributed by atoms with Gasteiger partial charge in [0.05, 0.1) is 6.54 Å². The molecule has 21 heavy (non-hydrogen) atoms. The van der Waals surface area contributed by atoms with Gasteiger partial charge in [0.2, 0.25) is 5.89 Å². The molecular weight excluding hydrogens is 266 g/mol. The van der Waals surface area contributed by atoms with Crippen LogP contribution in [0.3, 0.4) is 0 Å². The molecule has 1 heterocycles. The Morgan fingerprint density at radius 3 is 2.52 bits per heavy atom. The predicted octanol–water partition coefficient (Wildman–Crippen LogP) is 1.95. The zero-order valence-electron chi connectivity index (χ0n) is 12.5. The summed E-state index contributed by atoms with van der Waals surface area (Å²) < 4.78 is 5.30. The zero-order valence-corrected chi connectivity index (χ0v) is 12.5. The molecule has 5 nitrogen and oxygen atoms in total. The first kappa shape index (κ1) is 13.3. The van der Waals surface area contributed by atoms with E-state index >= 15 is 0 Å². The topological polar surface area (TPSA) is 67.2 Å². The number of carbonyl (C=O) groups excluding carboxylic acids is 1. The lowest BCUT2D eigenvalue weighted by molar-refractivity contribution is -0.0120. The van der Waals surface area contributed by atoms with Crippen molar-refractivity contribution in [1.82, 2.24) is 15.6 Å². The largest absolute Gasteiger partial charge is 0.447 e. The van der Waals surface area contributed by atoms with E-state index in [-0.39, 0.29) is 5.91 Å². The number of nitrogens with zero attached hydrogens (tertiary/aromatic N) is 1. The fraction of sp³-hybridized carbons (Fsp3) is 0.750. The minimum atomic E-state index is -0.0708. The Morgan fingerprint density at radius 1 is 1.24 bits per heavy atom. The summed E-state index contributed by atoms with van der Waals surface area (Å²) in [6.07, 6.45) is 8.13. The lowest BCUT2D eigenvalue weighted by Crippen LogP contribution is -2.55. The highest BCUT2D eigenvalue weighted by Gasteiger charge is 2.48.